The zero-order valence-corrected chi connectivity index (χ0v) is 12.3. The fraction of sp³-hybridized carbons (Fsp3) is 0.400. The van der Waals surface area contributed by atoms with Gasteiger partial charge in [0.25, 0.3) is 11.8 Å². The summed E-state index contributed by atoms with van der Waals surface area (Å²) >= 11 is 0. The average Bonchev–Trinajstić information content (AvgIpc) is 2.45. The number of aliphatic carboxylic acids is 1. The van der Waals surface area contributed by atoms with Crippen molar-refractivity contribution in [3.05, 3.63) is 35.4 Å². The molecule has 6 nitrogen and oxygen atoms in total. The predicted molar refractivity (Wildman–Crippen MR) is 78.2 cm³/mol. The Hall–Kier alpha value is -2.37. The average molecular weight is 292 g/mol. The SMILES string of the molecule is CNC(=O)c1cccc(C(=O)N[C@H](CC(C)C)C(=O)O)c1. The van der Waals surface area contributed by atoms with Gasteiger partial charge in [-0.15, -0.1) is 0 Å². The van der Waals surface area contributed by atoms with Crippen molar-refractivity contribution in [1.82, 2.24) is 10.6 Å². The summed E-state index contributed by atoms with van der Waals surface area (Å²) in [7, 11) is 1.50. The van der Waals surface area contributed by atoms with E-state index in [0.29, 0.717) is 12.0 Å². The van der Waals surface area contributed by atoms with E-state index in [1.807, 2.05) is 13.8 Å². The highest BCUT2D eigenvalue weighted by molar-refractivity contribution is 6.00. The van der Waals surface area contributed by atoms with Gasteiger partial charge in [-0.2, -0.15) is 0 Å². The molecule has 3 N–H and O–H groups in total. The highest BCUT2D eigenvalue weighted by Gasteiger charge is 2.22. The van der Waals surface area contributed by atoms with Crippen molar-refractivity contribution in [3.63, 3.8) is 0 Å². The molecule has 0 heterocycles. The lowest BCUT2D eigenvalue weighted by molar-refractivity contribution is -0.139. The van der Waals surface area contributed by atoms with Crippen LogP contribution >= 0.6 is 0 Å². The molecule has 0 aliphatic rings. The molecule has 0 aliphatic heterocycles. The number of carbonyl (C=O) groups excluding carboxylic acids is 2. The molecule has 1 aromatic rings. The summed E-state index contributed by atoms with van der Waals surface area (Å²) in [6.45, 7) is 3.77. The van der Waals surface area contributed by atoms with Gasteiger partial charge in [-0.1, -0.05) is 19.9 Å². The van der Waals surface area contributed by atoms with Gasteiger partial charge in [-0.3, -0.25) is 9.59 Å². The Labute approximate surface area is 123 Å². The molecular weight excluding hydrogens is 272 g/mol. The van der Waals surface area contributed by atoms with Gasteiger partial charge in [0.2, 0.25) is 0 Å². The Kier molecular flexibility index (Phi) is 5.90. The monoisotopic (exact) mass is 292 g/mol. The summed E-state index contributed by atoms with van der Waals surface area (Å²) in [6, 6.07) is 5.19. The van der Waals surface area contributed by atoms with E-state index in [9.17, 15) is 14.4 Å². The Morgan fingerprint density at radius 3 is 2.19 bits per heavy atom. The van der Waals surface area contributed by atoms with Gasteiger partial charge < -0.3 is 15.7 Å². The summed E-state index contributed by atoms with van der Waals surface area (Å²) in [4.78, 5) is 34.8. The molecule has 21 heavy (non-hydrogen) atoms. The quantitative estimate of drug-likeness (QED) is 0.736. The molecule has 2 amide bonds. The molecule has 0 unspecified atom stereocenters. The van der Waals surface area contributed by atoms with Crippen LogP contribution in [0.2, 0.25) is 0 Å². The summed E-state index contributed by atoms with van der Waals surface area (Å²) in [6.07, 6.45) is 0.343. The van der Waals surface area contributed by atoms with Crippen molar-refractivity contribution in [2.45, 2.75) is 26.3 Å². The standard InChI is InChI=1S/C15H20N2O4/c1-9(2)7-12(15(20)21)17-14(19)11-6-4-5-10(8-11)13(18)16-3/h4-6,8-9,12H,7H2,1-3H3,(H,16,18)(H,17,19)(H,20,21)/t12-/m1/s1. The van der Waals surface area contributed by atoms with Gasteiger partial charge in [0, 0.05) is 18.2 Å². The molecule has 1 rings (SSSR count). The minimum atomic E-state index is -1.07. The lowest BCUT2D eigenvalue weighted by Crippen LogP contribution is -2.41. The molecular formula is C15H20N2O4. The summed E-state index contributed by atoms with van der Waals surface area (Å²) in [5.41, 5.74) is 0.604. The van der Waals surface area contributed by atoms with E-state index < -0.39 is 17.9 Å². The van der Waals surface area contributed by atoms with Crippen molar-refractivity contribution in [3.8, 4) is 0 Å². The van der Waals surface area contributed by atoms with Gasteiger partial charge in [-0.25, -0.2) is 4.79 Å². The largest absolute Gasteiger partial charge is 0.480 e. The Bertz CT molecular complexity index is 540. The fourth-order valence-corrected chi connectivity index (χ4v) is 1.88. The predicted octanol–water partition coefficient (Wildman–Crippen LogP) is 1.28. The number of hydrogen-bond donors (Lipinski definition) is 3. The normalized spacial score (nSPS) is 11.8. The van der Waals surface area contributed by atoms with E-state index in [4.69, 9.17) is 5.11 Å². The van der Waals surface area contributed by atoms with Crippen molar-refractivity contribution in [1.29, 1.82) is 0 Å². The third-order valence-corrected chi connectivity index (χ3v) is 2.92. The first-order chi connectivity index (χ1) is 9.85. The van der Waals surface area contributed by atoms with E-state index in [-0.39, 0.29) is 17.4 Å². The van der Waals surface area contributed by atoms with Gasteiger partial charge >= 0.3 is 5.97 Å². The van der Waals surface area contributed by atoms with Crippen LogP contribution in [0.5, 0.6) is 0 Å². The number of benzene rings is 1. The number of carboxylic acid groups (broad SMARTS) is 1. The zero-order chi connectivity index (χ0) is 16.0. The molecule has 0 radical (unpaired) electrons. The van der Waals surface area contributed by atoms with Crippen molar-refractivity contribution >= 4 is 17.8 Å². The summed E-state index contributed by atoms with van der Waals surface area (Å²) in [5.74, 6) is -1.74. The molecule has 0 fully saturated rings. The number of amides is 2. The second kappa shape index (κ2) is 7.42. The van der Waals surface area contributed by atoms with Crippen LogP contribution in [0.1, 0.15) is 41.0 Å². The highest BCUT2D eigenvalue weighted by atomic mass is 16.4. The molecule has 0 aromatic heterocycles. The molecule has 0 aliphatic carbocycles. The molecule has 0 saturated heterocycles. The van der Waals surface area contributed by atoms with Crippen LogP contribution in [-0.2, 0) is 4.79 Å². The fourth-order valence-electron chi connectivity index (χ4n) is 1.88. The van der Waals surface area contributed by atoms with Gasteiger partial charge in [0.15, 0.2) is 0 Å². The smallest absolute Gasteiger partial charge is 0.326 e. The van der Waals surface area contributed by atoms with E-state index in [0.717, 1.165) is 0 Å². The minimum absolute atomic E-state index is 0.142. The van der Waals surface area contributed by atoms with E-state index in [2.05, 4.69) is 10.6 Å². The lowest BCUT2D eigenvalue weighted by atomic mass is 10.0. The number of rotatable bonds is 6. The molecule has 0 saturated carbocycles. The van der Waals surface area contributed by atoms with Crippen LogP contribution < -0.4 is 10.6 Å². The third kappa shape index (κ3) is 4.91. The second-order valence-electron chi connectivity index (χ2n) is 5.15. The summed E-state index contributed by atoms with van der Waals surface area (Å²) in [5, 5.41) is 14.1. The summed E-state index contributed by atoms with van der Waals surface area (Å²) < 4.78 is 0. The van der Waals surface area contributed by atoms with E-state index in [1.54, 1.807) is 12.1 Å². The van der Waals surface area contributed by atoms with Crippen LogP contribution in [-0.4, -0.2) is 36.0 Å². The maximum absolute atomic E-state index is 12.1. The molecule has 0 spiro atoms. The first-order valence-corrected chi connectivity index (χ1v) is 6.71. The maximum Gasteiger partial charge on any atom is 0.326 e. The van der Waals surface area contributed by atoms with Gasteiger partial charge in [0.05, 0.1) is 0 Å². The first-order valence-electron chi connectivity index (χ1n) is 6.71. The number of carbonyl (C=O) groups is 3. The minimum Gasteiger partial charge on any atom is -0.480 e. The number of hydrogen-bond acceptors (Lipinski definition) is 3. The van der Waals surface area contributed by atoms with Crippen molar-refractivity contribution in [2.75, 3.05) is 7.05 Å². The van der Waals surface area contributed by atoms with Crippen LogP contribution in [0.25, 0.3) is 0 Å². The Morgan fingerprint density at radius 2 is 1.71 bits per heavy atom. The lowest BCUT2D eigenvalue weighted by Gasteiger charge is -2.16. The van der Waals surface area contributed by atoms with Crippen LogP contribution in [0.4, 0.5) is 0 Å². The molecule has 114 valence electrons. The van der Waals surface area contributed by atoms with E-state index in [1.165, 1.54) is 19.2 Å². The highest BCUT2D eigenvalue weighted by Crippen LogP contribution is 2.09. The molecule has 1 atom stereocenters. The molecule has 0 bridgehead atoms. The van der Waals surface area contributed by atoms with Gasteiger partial charge in [-0.05, 0) is 30.5 Å². The Morgan fingerprint density at radius 1 is 1.14 bits per heavy atom. The molecule has 6 heteroatoms. The molecule has 1 aromatic carbocycles. The van der Waals surface area contributed by atoms with Crippen molar-refractivity contribution < 1.29 is 19.5 Å². The first kappa shape index (κ1) is 16.7. The maximum atomic E-state index is 12.1. The van der Waals surface area contributed by atoms with Gasteiger partial charge in [0.1, 0.15) is 6.04 Å². The van der Waals surface area contributed by atoms with Crippen LogP contribution in [0, 0.1) is 5.92 Å². The van der Waals surface area contributed by atoms with Crippen LogP contribution in [0.15, 0.2) is 24.3 Å². The van der Waals surface area contributed by atoms with Crippen molar-refractivity contribution in [2.24, 2.45) is 5.92 Å². The van der Waals surface area contributed by atoms with E-state index >= 15 is 0 Å². The number of nitrogens with one attached hydrogen (secondary N) is 2. The number of carboxylic acids is 1. The Balaban J connectivity index is 2.87. The third-order valence-electron chi connectivity index (χ3n) is 2.92. The van der Waals surface area contributed by atoms with Crippen LogP contribution in [0.3, 0.4) is 0 Å². The topological polar surface area (TPSA) is 95.5 Å². The second-order valence-corrected chi connectivity index (χ2v) is 5.15. The zero-order valence-electron chi connectivity index (χ0n) is 12.3.